The molecule has 27 heavy (non-hydrogen) atoms. The van der Waals surface area contributed by atoms with Crippen molar-refractivity contribution in [1.29, 1.82) is 0 Å². The zero-order valence-corrected chi connectivity index (χ0v) is 17.2. The number of hydrogen-bond acceptors (Lipinski definition) is 2. The standard InChI is InChI=1S/C21H30N4OS/c1-16-8-6-9-17(2)19(16)23-20(26)24-14-7-15-25(24)21(27)22-13-12-18-10-4-3-5-11-18/h6,8-10H,3-5,7,11-15H2,1-2H3,(H,22,27)(H,23,26). The minimum Gasteiger partial charge on any atom is -0.361 e. The molecule has 1 aliphatic heterocycles. The number of thiocarbonyl (C=S) groups is 1. The van der Waals surface area contributed by atoms with Crippen molar-refractivity contribution < 1.29 is 4.79 Å². The summed E-state index contributed by atoms with van der Waals surface area (Å²) in [5.41, 5.74) is 4.55. The first-order valence-corrected chi connectivity index (χ1v) is 10.3. The predicted molar refractivity (Wildman–Crippen MR) is 115 cm³/mol. The van der Waals surface area contributed by atoms with Crippen LogP contribution in [-0.2, 0) is 0 Å². The minimum atomic E-state index is -0.121. The first-order chi connectivity index (χ1) is 13.1. The third kappa shape index (κ3) is 5.01. The number of para-hydroxylation sites is 1. The van der Waals surface area contributed by atoms with Crippen LogP contribution in [0.1, 0.15) is 49.7 Å². The fourth-order valence-corrected chi connectivity index (χ4v) is 4.06. The molecule has 2 aliphatic rings. The first-order valence-electron chi connectivity index (χ1n) is 9.94. The molecule has 1 aliphatic carbocycles. The highest BCUT2D eigenvalue weighted by Gasteiger charge is 2.29. The van der Waals surface area contributed by atoms with Gasteiger partial charge in [-0.2, -0.15) is 0 Å². The molecular weight excluding hydrogens is 356 g/mol. The molecule has 2 amide bonds. The minimum absolute atomic E-state index is 0.121. The highest BCUT2D eigenvalue weighted by Crippen LogP contribution is 2.22. The molecule has 1 aromatic rings. The second kappa shape index (κ2) is 9.22. The number of carbonyl (C=O) groups excluding carboxylic acids is 1. The van der Waals surface area contributed by atoms with Crippen LogP contribution in [0.25, 0.3) is 0 Å². The number of rotatable bonds is 4. The molecule has 1 aromatic carbocycles. The molecular formula is C21H30N4OS. The van der Waals surface area contributed by atoms with Crippen molar-refractivity contribution in [3.63, 3.8) is 0 Å². The fourth-order valence-electron chi connectivity index (χ4n) is 3.77. The number of benzene rings is 1. The van der Waals surface area contributed by atoms with E-state index in [0.29, 0.717) is 11.7 Å². The normalized spacial score (nSPS) is 16.9. The van der Waals surface area contributed by atoms with E-state index >= 15 is 0 Å². The van der Waals surface area contributed by atoms with Gasteiger partial charge < -0.3 is 10.6 Å². The van der Waals surface area contributed by atoms with Crippen molar-refractivity contribution in [2.24, 2.45) is 0 Å². The van der Waals surface area contributed by atoms with E-state index in [1.54, 1.807) is 5.01 Å². The molecule has 1 heterocycles. The summed E-state index contributed by atoms with van der Waals surface area (Å²) in [5, 5.41) is 10.7. The van der Waals surface area contributed by atoms with Crippen LogP contribution in [0.3, 0.4) is 0 Å². The summed E-state index contributed by atoms with van der Waals surface area (Å²) in [7, 11) is 0. The lowest BCUT2D eigenvalue weighted by molar-refractivity contribution is 0.136. The summed E-state index contributed by atoms with van der Waals surface area (Å²) in [5.74, 6) is 0. The Kier molecular flexibility index (Phi) is 6.72. The van der Waals surface area contributed by atoms with E-state index in [4.69, 9.17) is 12.2 Å². The average molecular weight is 387 g/mol. The van der Waals surface area contributed by atoms with Crippen LogP contribution in [0.15, 0.2) is 29.8 Å². The molecule has 0 unspecified atom stereocenters. The second-order valence-electron chi connectivity index (χ2n) is 7.39. The summed E-state index contributed by atoms with van der Waals surface area (Å²) in [6, 6.07) is 5.90. The van der Waals surface area contributed by atoms with Gasteiger partial charge in [0.25, 0.3) is 0 Å². The van der Waals surface area contributed by atoms with Crippen molar-refractivity contribution in [1.82, 2.24) is 15.3 Å². The number of hydrogen-bond donors (Lipinski definition) is 2. The summed E-state index contributed by atoms with van der Waals surface area (Å²) >= 11 is 5.57. The monoisotopic (exact) mass is 386 g/mol. The Morgan fingerprint density at radius 1 is 1.11 bits per heavy atom. The van der Waals surface area contributed by atoms with Gasteiger partial charge in [0.2, 0.25) is 0 Å². The van der Waals surface area contributed by atoms with Crippen LogP contribution in [-0.4, -0.2) is 40.8 Å². The maximum absolute atomic E-state index is 12.8. The maximum Gasteiger partial charge on any atom is 0.340 e. The number of anilines is 1. The SMILES string of the molecule is Cc1cccc(C)c1NC(=O)N1CCCN1C(=S)NCCC1=CCCCC1. The maximum atomic E-state index is 12.8. The number of urea groups is 1. The van der Waals surface area contributed by atoms with Crippen molar-refractivity contribution in [2.45, 2.75) is 52.4 Å². The number of carbonyl (C=O) groups is 1. The topological polar surface area (TPSA) is 47.6 Å². The zero-order valence-electron chi connectivity index (χ0n) is 16.4. The number of aryl methyl sites for hydroxylation is 2. The van der Waals surface area contributed by atoms with E-state index < -0.39 is 0 Å². The highest BCUT2D eigenvalue weighted by atomic mass is 32.1. The van der Waals surface area contributed by atoms with Gasteiger partial charge in [-0.25, -0.2) is 9.80 Å². The molecule has 1 saturated heterocycles. The van der Waals surface area contributed by atoms with Crippen LogP contribution in [0.2, 0.25) is 0 Å². The number of allylic oxidation sites excluding steroid dienone is 1. The van der Waals surface area contributed by atoms with Gasteiger partial charge in [-0.3, -0.25) is 5.01 Å². The van der Waals surface area contributed by atoms with Crippen LogP contribution >= 0.6 is 12.2 Å². The van der Waals surface area contributed by atoms with Crippen molar-refractivity contribution in [2.75, 3.05) is 25.0 Å². The number of amides is 2. The smallest absolute Gasteiger partial charge is 0.340 e. The molecule has 1 fully saturated rings. The lowest BCUT2D eigenvalue weighted by atomic mass is 9.97. The van der Waals surface area contributed by atoms with Gasteiger partial charge in [-0.15, -0.1) is 0 Å². The average Bonchev–Trinajstić information content (AvgIpc) is 3.15. The third-order valence-electron chi connectivity index (χ3n) is 5.32. The van der Waals surface area contributed by atoms with Crippen molar-refractivity contribution in [3.8, 4) is 0 Å². The fraction of sp³-hybridized carbons (Fsp3) is 0.524. The number of nitrogens with zero attached hydrogens (tertiary/aromatic N) is 2. The van der Waals surface area contributed by atoms with Gasteiger partial charge in [0.15, 0.2) is 5.11 Å². The van der Waals surface area contributed by atoms with E-state index in [1.807, 2.05) is 37.1 Å². The molecule has 5 nitrogen and oxygen atoms in total. The predicted octanol–water partition coefficient (Wildman–Crippen LogP) is 4.52. The van der Waals surface area contributed by atoms with Crippen LogP contribution in [0.4, 0.5) is 10.5 Å². The number of hydrazine groups is 1. The number of nitrogens with one attached hydrogen (secondary N) is 2. The Labute approximate surface area is 167 Å². The Hall–Kier alpha value is -2.08. The quantitative estimate of drug-likeness (QED) is 0.590. The Bertz CT molecular complexity index is 711. The molecule has 3 rings (SSSR count). The molecule has 2 N–H and O–H groups in total. The van der Waals surface area contributed by atoms with Crippen LogP contribution < -0.4 is 10.6 Å². The van der Waals surface area contributed by atoms with Gasteiger partial charge >= 0.3 is 6.03 Å². The van der Waals surface area contributed by atoms with E-state index in [1.165, 1.54) is 31.3 Å². The molecule has 0 saturated carbocycles. The van der Waals surface area contributed by atoms with Crippen molar-refractivity contribution in [3.05, 3.63) is 41.0 Å². The zero-order chi connectivity index (χ0) is 19.2. The van der Waals surface area contributed by atoms with E-state index in [-0.39, 0.29) is 6.03 Å². The highest BCUT2D eigenvalue weighted by molar-refractivity contribution is 7.80. The molecule has 0 spiro atoms. The molecule has 0 atom stereocenters. The summed E-state index contributed by atoms with van der Waals surface area (Å²) < 4.78 is 0. The lowest BCUT2D eigenvalue weighted by Gasteiger charge is -2.30. The van der Waals surface area contributed by atoms with E-state index in [0.717, 1.165) is 42.7 Å². The second-order valence-corrected chi connectivity index (χ2v) is 7.77. The third-order valence-corrected chi connectivity index (χ3v) is 5.68. The van der Waals surface area contributed by atoms with Gasteiger partial charge in [0, 0.05) is 25.3 Å². The molecule has 146 valence electrons. The summed E-state index contributed by atoms with van der Waals surface area (Å²) in [6.45, 7) is 6.30. The van der Waals surface area contributed by atoms with Gasteiger partial charge in [0.05, 0.1) is 0 Å². The van der Waals surface area contributed by atoms with E-state index in [2.05, 4.69) is 16.7 Å². The van der Waals surface area contributed by atoms with E-state index in [9.17, 15) is 4.79 Å². The van der Waals surface area contributed by atoms with Gasteiger partial charge in [-0.05, 0) is 75.7 Å². The van der Waals surface area contributed by atoms with Crippen molar-refractivity contribution >= 4 is 29.0 Å². The molecule has 0 bridgehead atoms. The Morgan fingerprint density at radius 3 is 2.56 bits per heavy atom. The molecule has 6 heteroatoms. The molecule has 0 aromatic heterocycles. The van der Waals surface area contributed by atoms with Gasteiger partial charge in [0.1, 0.15) is 0 Å². The first kappa shape index (κ1) is 19.7. The van der Waals surface area contributed by atoms with Crippen LogP contribution in [0, 0.1) is 13.8 Å². The summed E-state index contributed by atoms with van der Waals surface area (Å²) in [4.78, 5) is 12.8. The summed E-state index contributed by atoms with van der Waals surface area (Å²) in [6.07, 6.45) is 9.35. The largest absolute Gasteiger partial charge is 0.361 e. The molecule has 0 radical (unpaired) electrons. The Morgan fingerprint density at radius 2 is 1.85 bits per heavy atom. The van der Waals surface area contributed by atoms with Crippen LogP contribution in [0.5, 0.6) is 0 Å². The lowest BCUT2D eigenvalue weighted by Crippen LogP contribution is -2.50. The van der Waals surface area contributed by atoms with Gasteiger partial charge in [-0.1, -0.05) is 29.8 Å². The Balaban J connectivity index is 1.55.